The van der Waals surface area contributed by atoms with Crippen LogP contribution in [0.4, 0.5) is 17.1 Å². The van der Waals surface area contributed by atoms with E-state index in [1.54, 1.807) is 30.3 Å². The number of hydrogen-bond donors (Lipinski definition) is 0. The molecule has 1 amide bonds. The first-order valence-corrected chi connectivity index (χ1v) is 11.0. The van der Waals surface area contributed by atoms with Crippen LogP contribution in [0.5, 0.6) is 5.75 Å². The number of methoxy groups -OCH3 is 1. The monoisotopic (exact) mass is 481 g/mol. The van der Waals surface area contributed by atoms with E-state index in [9.17, 15) is 14.9 Å². The topological polar surface area (TPSA) is 89.1 Å². The van der Waals surface area contributed by atoms with Gasteiger partial charge in [-0.15, -0.1) is 0 Å². The molecule has 0 unspecified atom stereocenters. The summed E-state index contributed by atoms with van der Waals surface area (Å²) in [6.07, 6.45) is 1.59. The summed E-state index contributed by atoms with van der Waals surface area (Å²) in [5.74, 6) is 0.819. The molecule has 0 bridgehead atoms. The predicted molar refractivity (Wildman–Crippen MR) is 134 cm³/mol. The van der Waals surface area contributed by atoms with Crippen LogP contribution in [0, 0.1) is 10.1 Å². The molecule has 4 rings (SSSR count). The lowest BCUT2D eigenvalue weighted by molar-refractivity contribution is -0.384. The smallest absolute Gasteiger partial charge is 0.284 e. The summed E-state index contributed by atoms with van der Waals surface area (Å²) < 4.78 is 11.3. The van der Waals surface area contributed by atoms with Gasteiger partial charge >= 0.3 is 0 Å². The number of carbonyl (C=O) groups excluding carboxylic acids is 1. The van der Waals surface area contributed by atoms with Crippen LogP contribution in [0.2, 0.25) is 0 Å². The maximum atomic E-state index is 13.0. The van der Waals surface area contributed by atoms with Crippen molar-refractivity contribution in [1.82, 2.24) is 0 Å². The van der Waals surface area contributed by atoms with E-state index in [0.717, 1.165) is 5.69 Å². The quantitative estimate of drug-likeness (QED) is 0.202. The second kappa shape index (κ2) is 9.08. The van der Waals surface area contributed by atoms with Crippen molar-refractivity contribution < 1.29 is 18.9 Å². The Bertz CT molecular complexity index is 1280. The number of rotatable bonds is 6. The molecule has 1 fully saturated rings. The van der Waals surface area contributed by atoms with Gasteiger partial charge in [0.15, 0.2) is 4.32 Å². The van der Waals surface area contributed by atoms with Crippen molar-refractivity contribution in [1.29, 1.82) is 0 Å². The van der Waals surface area contributed by atoms with E-state index in [0.29, 0.717) is 37.7 Å². The van der Waals surface area contributed by atoms with Gasteiger partial charge in [0.2, 0.25) is 0 Å². The summed E-state index contributed by atoms with van der Waals surface area (Å²) >= 11 is 6.60. The van der Waals surface area contributed by atoms with Crippen LogP contribution in [-0.4, -0.2) is 36.4 Å². The summed E-state index contributed by atoms with van der Waals surface area (Å²) in [5.41, 5.74) is 1.87. The largest absolute Gasteiger partial charge is 0.497 e. The first-order chi connectivity index (χ1) is 15.8. The van der Waals surface area contributed by atoms with E-state index in [2.05, 4.69) is 0 Å². The van der Waals surface area contributed by atoms with E-state index in [1.807, 2.05) is 43.3 Å². The molecule has 1 aromatic heterocycles. The molecule has 0 aliphatic carbocycles. The Morgan fingerprint density at radius 2 is 1.88 bits per heavy atom. The zero-order chi connectivity index (χ0) is 23.7. The molecule has 0 spiro atoms. The fourth-order valence-electron chi connectivity index (χ4n) is 3.29. The lowest BCUT2D eigenvalue weighted by atomic mass is 10.1. The van der Waals surface area contributed by atoms with Gasteiger partial charge in [0.05, 0.1) is 34.3 Å². The van der Waals surface area contributed by atoms with Crippen LogP contribution in [0.15, 0.2) is 63.9 Å². The number of nitrogens with zero attached hydrogens (tertiary/aromatic N) is 3. The number of anilines is 2. The van der Waals surface area contributed by atoms with E-state index < -0.39 is 4.92 Å². The normalized spacial score (nSPS) is 14.8. The third-order valence-corrected chi connectivity index (χ3v) is 6.29. The minimum Gasteiger partial charge on any atom is -0.497 e. The van der Waals surface area contributed by atoms with Gasteiger partial charge in [0.25, 0.3) is 11.6 Å². The van der Waals surface area contributed by atoms with Crippen molar-refractivity contribution in [2.24, 2.45) is 0 Å². The maximum absolute atomic E-state index is 13.0. The molecule has 8 nitrogen and oxygen atoms in total. The Morgan fingerprint density at radius 1 is 1.15 bits per heavy atom. The van der Waals surface area contributed by atoms with E-state index >= 15 is 0 Å². The molecule has 1 saturated heterocycles. The summed E-state index contributed by atoms with van der Waals surface area (Å²) in [4.78, 5) is 27.9. The van der Waals surface area contributed by atoms with Crippen molar-refractivity contribution in [3.63, 3.8) is 0 Å². The molecule has 1 aliphatic heterocycles. The summed E-state index contributed by atoms with van der Waals surface area (Å²) in [6, 6.07) is 15.3. The van der Waals surface area contributed by atoms with Crippen LogP contribution in [-0.2, 0) is 4.79 Å². The molecule has 0 saturated carbocycles. The number of thiocarbonyl (C=S) groups is 1. The Labute approximate surface area is 199 Å². The maximum Gasteiger partial charge on any atom is 0.284 e. The molecule has 0 atom stereocenters. The first-order valence-electron chi connectivity index (χ1n) is 9.76. The molecule has 2 aromatic carbocycles. The van der Waals surface area contributed by atoms with Crippen molar-refractivity contribution in [2.75, 3.05) is 31.0 Å². The molecular formula is C23H19N3O5S2. The molecule has 10 heteroatoms. The molecule has 168 valence electrons. The second-order valence-electron chi connectivity index (χ2n) is 7.27. The standard InChI is InChI=1S/C23H19N3O5S2/c1-24(2)14-4-6-15(7-5-14)25-22(27)21(33-23(25)32)13-17-9-11-20(31-17)18-10-8-16(30-3)12-19(18)26(28)29/h4-13H,1-3H3/b21-13+. The van der Waals surface area contributed by atoms with Crippen molar-refractivity contribution >= 4 is 57.3 Å². The number of amides is 1. The molecule has 1 aliphatic rings. The predicted octanol–water partition coefficient (Wildman–Crippen LogP) is 5.34. The number of ether oxygens (including phenoxy) is 1. The molecule has 0 N–H and O–H groups in total. The fourth-order valence-corrected chi connectivity index (χ4v) is 4.57. The molecular weight excluding hydrogens is 462 g/mol. The number of benzene rings is 2. The van der Waals surface area contributed by atoms with Crippen LogP contribution >= 0.6 is 24.0 Å². The van der Waals surface area contributed by atoms with Crippen LogP contribution in [0.3, 0.4) is 0 Å². The Hall–Kier alpha value is -3.63. The lowest BCUT2D eigenvalue weighted by Gasteiger charge is -2.17. The van der Waals surface area contributed by atoms with Crippen molar-refractivity contribution in [2.45, 2.75) is 0 Å². The average molecular weight is 482 g/mol. The van der Waals surface area contributed by atoms with Crippen molar-refractivity contribution in [3.8, 4) is 17.1 Å². The Balaban J connectivity index is 1.61. The highest BCUT2D eigenvalue weighted by molar-refractivity contribution is 8.27. The summed E-state index contributed by atoms with van der Waals surface area (Å²) in [6.45, 7) is 0. The molecule has 3 aromatic rings. The number of carbonyl (C=O) groups is 1. The van der Waals surface area contributed by atoms with Gasteiger partial charge < -0.3 is 14.1 Å². The highest BCUT2D eigenvalue weighted by atomic mass is 32.2. The van der Waals surface area contributed by atoms with Gasteiger partial charge in [-0.3, -0.25) is 19.8 Å². The van der Waals surface area contributed by atoms with Gasteiger partial charge in [-0.25, -0.2) is 0 Å². The highest BCUT2D eigenvalue weighted by Crippen LogP contribution is 2.38. The van der Waals surface area contributed by atoms with Gasteiger partial charge in [-0.1, -0.05) is 24.0 Å². The summed E-state index contributed by atoms with van der Waals surface area (Å²) in [5, 5.41) is 11.5. The zero-order valence-corrected chi connectivity index (χ0v) is 19.6. The molecule has 2 heterocycles. The molecule has 33 heavy (non-hydrogen) atoms. The van der Waals surface area contributed by atoms with Crippen LogP contribution in [0.25, 0.3) is 17.4 Å². The third-order valence-electron chi connectivity index (χ3n) is 4.99. The Kier molecular flexibility index (Phi) is 6.21. The molecule has 0 radical (unpaired) electrons. The highest BCUT2D eigenvalue weighted by Gasteiger charge is 2.33. The average Bonchev–Trinajstić information content (AvgIpc) is 3.37. The zero-order valence-electron chi connectivity index (χ0n) is 18.0. The van der Waals surface area contributed by atoms with E-state index in [4.69, 9.17) is 21.4 Å². The van der Waals surface area contributed by atoms with Gasteiger partial charge in [0.1, 0.15) is 17.3 Å². The van der Waals surface area contributed by atoms with Crippen LogP contribution < -0.4 is 14.5 Å². The van der Waals surface area contributed by atoms with E-state index in [-0.39, 0.29) is 11.6 Å². The van der Waals surface area contributed by atoms with Gasteiger partial charge in [-0.05, 0) is 48.5 Å². The van der Waals surface area contributed by atoms with Crippen LogP contribution in [0.1, 0.15) is 5.76 Å². The van der Waals surface area contributed by atoms with E-state index in [1.165, 1.54) is 29.8 Å². The minimum atomic E-state index is -0.493. The summed E-state index contributed by atoms with van der Waals surface area (Å²) in [7, 11) is 5.32. The number of thioether (sulfide) groups is 1. The van der Waals surface area contributed by atoms with Gasteiger partial charge in [-0.2, -0.15) is 0 Å². The number of furan rings is 1. The fraction of sp³-hybridized carbons (Fsp3) is 0.130. The number of hydrogen-bond acceptors (Lipinski definition) is 8. The second-order valence-corrected chi connectivity index (χ2v) is 8.95. The minimum absolute atomic E-state index is 0.136. The lowest BCUT2D eigenvalue weighted by Crippen LogP contribution is -2.27. The third kappa shape index (κ3) is 4.48. The number of nitro benzene ring substituents is 1. The Morgan fingerprint density at radius 3 is 2.52 bits per heavy atom. The van der Waals surface area contributed by atoms with Gasteiger partial charge in [0, 0.05) is 25.9 Å². The van der Waals surface area contributed by atoms with Crippen molar-refractivity contribution in [3.05, 3.63) is 75.4 Å². The first kappa shape index (κ1) is 22.6. The SMILES string of the molecule is COc1ccc(-c2ccc(/C=C3/SC(=S)N(c4ccc(N(C)C)cc4)C3=O)o2)c([N+](=O)[O-])c1. The number of nitro groups is 1.